The van der Waals surface area contributed by atoms with Crippen molar-refractivity contribution in [1.82, 2.24) is 24.7 Å². The van der Waals surface area contributed by atoms with Crippen LogP contribution in [0.1, 0.15) is 103 Å². The van der Waals surface area contributed by atoms with Gasteiger partial charge in [-0.15, -0.1) is 0 Å². The number of piperidine rings is 2. The van der Waals surface area contributed by atoms with Crippen molar-refractivity contribution in [3.63, 3.8) is 0 Å². The minimum absolute atomic E-state index is 0.000970. The number of benzene rings is 1. The molecule has 0 radical (unpaired) electrons. The number of alkyl carbamates (subject to hydrolysis) is 1. The molecule has 2 unspecified atom stereocenters. The van der Waals surface area contributed by atoms with Crippen LogP contribution in [-0.2, 0) is 26.2 Å². The molecule has 1 aliphatic carbocycles. The Kier molecular flexibility index (Phi) is 10.2. The van der Waals surface area contributed by atoms with Crippen molar-refractivity contribution >= 4 is 34.8 Å². The highest BCUT2D eigenvalue weighted by Gasteiger charge is 2.36. The van der Waals surface area contributed by atoms with Crippen LogP contribution in [0.2, 0.25) is 0 Å². The van der Waals surface area contributed by atoms with E-state index in [4.69, 9.17) is 4.74 Å². The maximum absolute atomic E-state index is 13.7. The third-order valence-electron chi connectivity index (χ3n) is 9.51. The molecule has 4 amide bonds. The Balaban J connectivity index is 1.19. The molecule has 1 saturated carbocycles. The van der Waals surface area contributed by atoms with Gasteiger partial charge in [0.2, 0.25) is 17.7 Å². The molecule has 3 fully saturated rings. The summed E-state index contributed by atoms with van der Waals surface area (Å²) >= 11 is 0. The number of ether oxygens (including phenoxy) is 1. The molecule has 5 rings (SSSR count). The van der Waals surface area contributed by atoms with Crippen LogP contribution in [0.25, 0.3) is 11.0 Å². The predicted octanol–water partition coefficient (Wildman–Crippen LogP) is 4.16. The van der Waals surface area contributed by atoms with Gasteiger partial charge >= 0.3 is 11.8 Å². The second-order valence-corrected chi connectivity index (χ2v) is 14.0. The molecule has 248 valence electrons. The average molecular weight is 634 g/mol. The minimum Gasteiger partial charge on any atom is -0.444 e. The van der Waals surface area contributed by atoms with Crippen LogP contribution in [0.3, 0.4) is 0 Å². The molecule has 2 saturated heterocycles. The van der Waals surface area contributed by atoms with Gasteiger partial charge < -0.3 is 15.0 Å². The number of hydrogen-bond donors (Lipinski definition) is 2. The molecule has 1 aromatic carbocycles. The van der Waals surface area contributed by atoms with Gasteiger partial charge in [-0.3, -0.25) is 28.8 Å². The van der Waals surface area contributed by atoms with E-state index in [0.717, 1.165) is 50.5 Å². The lowest BCUT2D eigenvalue weighted by Crippen LogP contribution is -2.54. The fourth-order valence-corrected chi connectivity index (χ4v) is 7.13. The molecular formula is C35H47N5O6. The first-order valence-electron chi connectivity index (χ1n) is 16.7. The zero-order valence-electron chi connectivity index (χ0n) is 27.5. The zero-order valence-corrected chi connectivity index (χ0v) is 27.5. The van der Waals surface area contributed by atoms with Crippen molar-refractivity contribution in [2.24, 2.45) is 18.9 Å². The lowest BCUT2D eigenvalue weighted by Gasteiger charge is -2.37. The lowest BCUT2D eigenvalue weighted by atomic mass is 9.83. The van der Waals surface area contributed by atoms with Gasteiger partial charge in [0.15, 0.2) is 0 Å². The molecule has 3 aliphatic rings. The summed E-state index contributed by atoms with van der Waals surface area (Å²) in [6.45, 7) is 6.78. The molecule has 11 nitrogen and oxygen atoms in total. The maximum Gasteiger partial charge on any atom is 0.408 e. The number of nitrogens with zero attached hydrogens (tertiary/aromatic N) is 3. The van der Waals surface area contributed by atoms with Gasteiger partial charge in [0.1, 0.15) is 17.7 Å². The highest BCUT2D eigenvalue weighted by molar-refractivity contribution is 6.00. The Labute approximate surface area is 270 Å². The molecule has 0 bridgehead atoms. The fourth-order valence-electron chi connectivity index (χ4n) is 7.13. The first-order valence-corrected chi connectivity index (χ1v) is 16.7. The van der Waals surface area contributed by atoms with E-state index in [1.54, 1.807) is 7.05 Å². The van der Waals surface area contributed by atoms with Crippen LogP contribution in [0.5, 0.6) is 0 Å². The summed E-state index contributed by atoms with van der Waals surface area (Å²) in [4.78, 5) is 65.6. The van der Waals surface area contributed by atoms with E-state index in [9.17, 15) is 24.0 Å². The topological polar surface area (TPSA) is 132 Å². The first-order chi connectivity index (χ1) is 21.9. The third kappa shape index (κ3) is 7.65. The normalized spacial score (nSPS) is 20.5. The number of hydrogen-bond acceptors (Lipinski definition) is 6. The number of nitrogens with one attached hydrogen (secondary N) is 2. The monoisotopic (exact) mass is 633 g/mol. The van der Waals surface area contributed by atoms with Gasteiger partial charge in [0.25, 0.3) is 0 Å². The van der Waals surface area contributed by atoms with Crippen LogP contribution in [-0.4, -0.2) is 62.6 Å². The fraction of sp³-hybridized carbons (Fsp3) is 0.629. The Bertz CT molecular complexity index is 1590. The number of fused-ring (bicyclic) bond motifs is 1. The lowest BCUT2D eigenvalue weighted by molar-refractivity contribution is -0.137. The SMILES string of the molecule is Cn1c(=O)n(C2CCC(=O)NC2=O)c2cccc(C#CCCC3CCN(C(=O)C(NC(=O)OC(C)(C)C)C4CCCCC4)CC3)c21. The Morgan fingerprint density at radius 3 is 2.43 bits per heavy atom. The van der Waals surface area contributed by atoms with Crippen molar-refractivity contribution in [2.45, 2.75) is 109 Å². The largest absolute Gasteiger partial charge is 0.444 e. The van der Waals surface area contributed by atoms with Crippen molar-refractivity contribution in [2.75, 3.05) is 13.1 Å². The summed E-state index contributed by atoms with van der Waals surface area (Å²) in [6, 6.07) is 4.23. The van der Waals surface area contributed by atoms with Crippen molar-refractivity contribution in [3.05, 3.63) is 34.2 Å². The van der Waals surface area contributed by atoms with Gasteiger partial charge in [-0.25, -0.2) is 9.59 Å². The molecule has 2 atom stereocenters. The summed E-state index contributed by atoms with van der Waals surface area (Å²) in [5.74, 6) is 6.33. The van der Waals surface area contributed by atoms with E-state index < -0.39 is 29.7 Å². The molecule has 3 heterocycles. The van der Waals surface area contributed by atoms with E-state index in [2.05, 4.69) is 22.5 Å². The van der Waals surface area contributed by atoms with E-state index in [0.29, 0.717) is 36.5 Å². The number of imide groups is 1. The van der Waals surface area contributed by atoms with Crippen molar-refractivity contribution in [1.29, 1.82) is 0 Å². The number of para-hydroxylation sites is 1. The second-order valence-electron chi connectivity index (χ2n) is 14.0. The molecule has 2 aromatic rings. The molecule has 11 heteroatoms. The van der Waals surface area contributed by atoms with Gasteiger partial charge in [-0.2, -0.15) is 0 Å². The number of carbonyl (C=O) groups excluding carboxylic acids is 4. The minimum atomic E-state index is -0.735. The van der Waals surface area contributed by atoms with Crippen LogP contribution < -0.4 is 16.3 Å². The predicted molar refractivity (Wildman–Crippen MR) is 174 cm³/mol. The smallest absolute Gasteiger partial charge is 0.408 e. The number of aromatic nitrogens is 2. The molecule has 0 spiro atoms. The van der Waals surface area contributed by atoms with E-state index in [1.807, 2.05) is 43.9 Å². The third-order valence-corrected chi connectivity index (χ3v) is 9.51. The standard InChI is InChI=1S/C35H47N5O6/c1-35(2,3)46-33(44)37-29(24-12-6-5-7-13-24)32(43)39-21-19-23(20-22-39)11-8-9-14-25-15-10-16-26-30(25)38(4)34(45)40(26)27-17-18-28(41)36-31(27)42/h10,15-16,23-24,27,29H,5-8,11-13,17-22H2,1-4H3,(H,37,44)(H,36,41,42). The second kappa shape index (κ2) is 14.1. The van der Waals surface area contributed by atoms with Gasteiger partial charge in [0, 0.05) is 33.0 Å². The van der Waals surface area contributed by atoms with Crippen molar-refractivity contribution < 1.29 is 23.9 Å². The molecule has 46 heavy (non-hydrogen) atoms. The van der Waals surface area contributed by atoms with Gasteiger partial charge in [0.05, 0.1) is 16.6 Å². The molecule has 2 aliphatic heterocycles. The van der Waals surface area contributed by atoms with Gasteiger partial charge in [-0.1, -0.05) is 37.2 Å². The number of likely N-dealkylation sites (tertiary alicyclic amines) is 1. The maximum atomic E-state index is 13.7. The highest BCUT2D eigenvalue weighted by Crippen LogP contribution is 2.30. The molecular weight excluding hydrogens is 586 g/mol. The molecule has 2 N–H and O–H groups in total. The number of rotatable bonds is 6. The summed E-state index contributed by atoms with van der Waals surface area (Å²) in [7, 11) is 1.68. The average Bonchev–Trinajstić information content (AvgIpc) is 3.27. The Morgan fingerprint density at radius 1 is 1.04 bits per heavy atom. The Hall–Kier alpha value is -4.07. The van der Waals surface area contributed by atoms with Crippen LogP contribution >= 0.6 is 0 Å². The quantitative estimate of drug-likeness (QED) is 0.363. The summed E-state index contributed by atoms with van der Waals surface area (Å²) in [5.41, 5.74) is 1.07. The summed E-state index contributed by atoms with van der Waals surface area (Å²) in [6.07, 6.45) is 8.48. The number of amides is 4. The Morgan fingerprint density at radius 2 is 1.76 bits per heavy atom. The first kappa shape index (κ1) is 33.3. The van der Waals surface area contributed by atoms with E-state index >= 15 is 0 Å². The molecule has 1 aromatic heterocycles. The van der Waals surface area contributed by atoms with E-state index in [-0.39, 0.29) is 36.3 Å². The summed E-state index contributed by atoms with van der Waals surface area (Å²) < 4.78 is 8.49. The van der Waals surface area contributed by atoms with Crippen LogP contribution in [0, 0.1) is 23.7 Å². The number of aryl methyl sites for hydroxylation is 1. The number of imidazole rings is 1. The van der Waals surface area contributed by atoms with Crippen LogP contribution in [0.4, 0.5) is 4.79 Å². The number of carbonyl (C=O) groups is 4. The van der Waals surface area contributed by atoms with E-state index in [1.165, 1.54) is 15.6 Å². The summed E-state index contributed by atoms with van der Waals surface area (Å²) in [5, 5.41) is 5.27. The van der Waals surface area contributed by atoms with Crippen molar-refractivity contribution in [3.8, 4) is 11.8 Å². The highest BCUT2D eigenvalue weighted by atomic mass is 16.6. The van der Waals surface area contributed by atoms with Gasteiger partial charge in [-0.05, 0) is 83.3 Å². The van der Waals surface area contributed by atoms with Crippen LogP contribution in [0.15, 0.2) is 23.0 Å². The zero-order chi connectivity index (χ0) is 33.0.